The quantitative estimate of drug-likeness (QED) is 0.780. The summed E-state index contributed by atoms with van der Waals surface area (Å²) < 4.78 is 4.72. The lowest BCUT2D eigenvalue weighted by molar-refractivity contribution is -0.117. The van der Waals surface area contributed by atoms with Crippen molar-refractivity contribution in [3.8, 4) is 0 Å². The highest BCUT2D eigenvalue weighted by molar-refractivity contribution is 7.17. The fourth-order valence-corrected chi connectivity index (χ4v) is 3.94. The molecule has 1 fully saturated rings. The average molecular weight is 389 g/mol. The monoisotopic (exact) mass is 389 g/mol. The van der Waals surface area contributed by atoms with E-state index in [-0.39, 0.29) is 5.91 Å². The highest BCUT2D eigenvalue weighted by atomic mass is 32.1. The van der Waals surface area contributed by atoms with Gasteiger partial charge in [0, 0.05) is 44.3 Å². The Bertz CT molecular complexity index is 796. The number of methoxy groups -OCH3 is 1. The number of hydrogen-bond acceptors (Lipinski definition) is 8. The van der Waals surface area contributed by atoms with E-state index < -0.39 is 5.97 Å². The number of aromatic nitrogens is 2. The second-order valence-corrected chi connectivity index (χ2v) is 7.29. The van der Waals surface area contributed by atoms with Gasteiger partial charge in [0.1, 0.15) is 4.88 Å². The Labute approximate surface area is 162 Å². The number of pyridine rings is 1. The predicted molar refractivity (Wildman–Crippen MR) is 104 cm³/mol. The Morgan fingerprint density at radius 2 is 2.00 bits per heavy atom. The molecule has 1 N–H and O–H groups in total. The third-order valence-corrected chi connectivity index (χ3v) is 5.45. The first kappa shape index (κ1) is 19.2. The van der Waals surface area contributed by atoms with E-state index in [1.165, 1.54) is 7.11 Å². The van der Waals surface area contributed by atoms with Crippen molar-refractivity contribution < 1.29 is 14.3 Å². The number of carbonyl (C=O) groups is 2. The SMILES string of the molecule is COC(=O)c1sc(NC(=O)CN2CCCN(c3ccncc3)CC2)nc1C. The number of amides is 1. The Kier molecular flexibility index (Phi) is 6.36. The van der Waals surface area contributed by atoms with Crippen molar-refractivity contribution in [3.05, 3.63) is 35.1 Å². The van der Waals surface area contributed by atoms with E-state index in [4.69, 9.17) is 4.74 Å². The highest BCUT2D eigenvalue weighted by Crippen LogP contribution is 2.23. The van der Waals surface area contributed by atoms with Crippen LogP contribution in [0.1, 0.15) is 21.8 Å². The van der Waals surface area contributed by atoms with Gasteiger partial charge in [0.2, 0.25) is 5.91 Å². The zero-order valence-corrected chi connectivity index (χ0v) is 16.3. The van der Waals surface area contributed by atoms with Crippen molar-refractivity contribution in [3.63, 3.8) is 0 Å². The normalized spacial score (nSPS) is 15.3. The van der Waals surface area contributed by atoms with Gasteiger partial charge >= 0.3 is 5.97 Å². The van der Waals surface area contributed by atoms with Crippen LogP contribution in [0.5, 0.6) is 0 Å². The number of nitrogens with one attached hydrogen (secondary N) is 1. The summed E-state index contributed by atoms with van der Waals surface area (Å²) in [4.78, 5) is 37.2. The molecule has 1 saturated heterocycles. The summed E-state index contributed by atoms with van der Waals surface area (Å²) >= 11 is 1.13. The molecule has 0 atom stereocenters. The Morgan fingerprint density at radius 3 is 2.74 bits per heavy atom. The first-order valence-corrected chi connectivity index (χ1v) is 9.61. The summed E-state index contributed by atoms with van der Waals surface area (Å²) in [6.45, 7) is 5.51. The third kappa shape index (κ3) is 5.01. The van der Waals surface area contributed by atoms with Crippen LogP contribution in [0.15, 0.2) is 24.5 Å². The lowest BCUT2D eigenvalue weighted by Crippen LogP contribution is -2.36. The molecule has 0 unspecified atom stereocenters. The van der Waals surface area contributed by atoms with Crippen molar-refractivity contribution in [2.45, 2.75) is 13.3 Å². The molecule has 3 rings (SSSR count). The van der Waals surface area contributed by atoms with E-state index >= 15 is 0 Å². The molecule has 2 aromatic heterocycles. The summed E-state index contributed by atoms with van der Waals surface area (Å²) in [6, 6.07) is 4.01. The van der Waals surface area contributed by atoms with Crippen molar-refractivity contribution >= 4 is 34.0 Å². The molecule has 1 aliphatic heterocycles. The summed E-state index contributed by atoms with van der Waals surface area (Å²) in [7, 11) is 1.33. The molecular formula is C18H23N5O3S. The van der Waals surface area contributed by atoms with Crippen LogP contribution in [-0.4, -0.2) is 66.6 Å². The lowest BCUT2D eigenvalue weighted by atomic mass is 10.3. The Hall–Kier alpha value is -2.52. The number of thiazole rings is 1. The maximum atomic E-state index is 12.4. The number of anilines is 2. The molecule has 0 bridgehead atoms. The molecule has 0 radical (unpaired) electrons. The van der Waals surface area contributed by atoms with Crippen LogP contribution in [0, 0.1) is 6.92 Å². The molecular weight excluding hydrogens is 366 g/mol. The van der Waals surface area contributed by atoms with Crippen LogP contribution in [0.25, 0.3) is 0 Å². The van der Waals surface area contributed by atoms with Gasteiger partial charge in [-0.15, -0.1) is 0 Å². The van der Waals surface area contributed by atoms with Crippen molar-refractivity contribution in [2.75, 3.05) is 50.1 Å². The van der Waals surface area contributed by atoms with E-state index in [9.17, 15) is 9.59 Å². The molecule has 3 heterocycles. The topological polar surface area (TPSA) is 87.7 Å². The molecule has 0 spiro atoms. The smallest absolute Gasteiger partial charge is 0.350 e. The van der Waals surface area contributed by atoms with Crippen LogP contribution >= 0.6 is 11.3 Å². The van der Waals surface area contributed by atoms with Crippen LogP contribution in [0.4, 0.5) is 10.8 Å². The second-order valence-electron chi connectivity index (χ2n) is 6.30. The van der Waals surface area contributed by atoms with E-state index in [1.807, 2.05) is 12.1 Å². The fourth-order valence-electron chi connectivity index (χ4n) is 3.04. The number of esters is 1. The van der Waals surface area contributed by atoms with Gasteiger partial charge in [-0.25, -0.2) is 9.78 Å². The van der Waals surface area contributed by atoms with Gasteiger partial charge in [-0.2, -0.15) is 0 Å². The maximum Gasteiger partial charge on any atom is 0.350 e. The molecule has 8 nitrogen and oxygen atoms in total. The minimum Gasteiger partial charge on any atom is -0.465 e. The lowest BCUT2D eigenvalue weighted by Gasteiger charge is -2.23. The third-order valence-electron chi connectivity index (χ3n) is 4.40. The summed E-state index contributed by atoms with van der Waals surface area (Å²) in [6.07, 6.45) is 4.58. The maximum absolute atomic E-state index is 12.4. The van der Waals surface area contributed by atoms with E-state index in [2.05, 4.69) is 25.1 Å². The largest absolute Gasteiger partial charge is 0.465 e. The van der Waals surface area contributed by atoms with Gasteiger partial charge in [0.05, 0.1) is 19.3 Å². The summed E-state index contributed by atoms with van der Waals surface area (Å²) in [5.41, 5.74) is 1.72. The molecule has 9 heteroatoms. The molecule has 0 aliphatic carbocycles. The summed E-state index contributed by atoms with van der Waals surface area (Å²) in [5.74, 6) is -0.563. The summed E-state index contributed by atoms with van der Waals surface area (Å²) in [5, 5.41) is 3.21. The minimum atomic E-state index is -0.436. The van der Waals surface area contributed by atoms with E-state index in [1.54, 1.807) is 19.3 Å². The zero-order chi connectivity index (χ0) is 19.2. The number of aryl methyl sites for hydroxylation is 1. The van der Waals surface area contributed by atoms with Gasteiger partial charge in [0.25, 0.3) is 0 Å². The Balaban J connectivity index is 1.53. The molecule has 0 aromatic carbocycles. The molecule has 0 saturated carbocycles. The highest BCUT2D eigenvalue weighted by Gasteiger charge is 2.20. The first-order chi connectivity index (χ1) is 13.1. The van der Waals surface area contributed by atoms with E-state index in [0.717, 1.165) is 49.6 Å². The predicted octanol–water partition coefficient (Wildman–Crippen LogP) is 1.78. The van der Waals surface area contributed by atoms with Crippen molar-refractivity contribution in [1.82, 2.24) is 14.9 Å². The van der Waals surface area contributed by atoms with Gasteiger partial charge in [-0.1, -0.05) is 11.3 Å². The number of ether oxygens (including phenoxy) is 1. The first-order valence-electron chi connectivity index (χ1n) is 8.79. The fraction of sp³-hybridized carbons (Fsp3) is 0.444. The molecule has 1 amide bonds. The zero-order valence-electron chi connectivity index (χ0n) is 15.5. The van der Waals surface area contributed by atoms with Gasteiger partial charge in [-0.3, -0.25) is 14.7 Å². The van der Waals surface area contributed by atoms with Crippen molar-refractivity contribution in [2.24, 2.45) is 0 Å². The Morgan fingerprint density at radius 1 is 1.22 bits per heavy atom. The van der Waals surface area contributed by atoms with Gasteiger partial charge in [0.15, 0.2) is 5.13 Å². The van der Waals surface area contributed by atoms with Gasteiger partial charge in [-0.05, 0) is 25.5 Å². The van der Waals surface area contributed by atoms with Crippen LogP contribution in [0.3, 0.4) is 0 Å². The van der Waals surface area contributed by atoms with Crippen molar-refractivity contribution in [1.29, 1.82) is 0 Å². The van der Waals surface area contributed by atoms with Crippen LogP contribution in [-0.2, 0) is 9.53 Å². The number of nitrogens with zero attached hydrogens (tertiary/aromatic N) is 4. The standard InChI is InChI=1S/C18H23N5O3S/c1-13-16(17(25)26-2)27-18(20-13)21-15(24)12-22-8-3-9-23(11-10-22)14-4-6-19-7-5-14/h4-7H,3,8-12H2,1-2H3,(H,20,21,24). The van der Waals surface area contributed by atoms with E-state index in [0.29, 0.717) is 22.2 Å². The number of carbonyl (C=O) groups excluding carboxylic acids is 2. The van der Waals surface area contributed by atoms with Crippen LogP contribution in [0.2, 0.25) is 0 Å². The van der Waals surface area contributed by atoms with Gasteiger partial charge < -0.3 is 15.0 Å². The minimum absolute atomic E-state index is 0.127. The number of hydrogen-bond donors (Lipinski definition) is 1. The molecule has 2 aromatic rings. The molecule has 144 valence electrons. The number of rotatable bonds is 5. The average Bonchev–Trinajstić information content (AvgIpc) is 2.88. The molecule has 1 aliphatic rings. The molecule has 27 heavy (non-hydrogen) atoms. The van der Waals surface area contributed by atoms with Crippen LogP contribution < -0.4 is 10.2 Å². The second kappa shape index (κ2) is 8.92.